The molecule has 2 aliphatic rings. The zero-order valence-corrected chi connectivity index (χ0v) is 18.4. The van der Waals surface area contributed by atoms with Crippen molar-refractivity contribution in [3.05, 3.63) is 70.0 Å². The van der Waals surface area contributed by atoms with Crippen molar-refractivity contribution in [2.24, 2.45) is 0 Å². The molecular weight excluding hydrogens is 404 g/mol. The second kappa shape index (κ2) is 7.94. The largest absolute Gasteiger partial charge is 0.497 e. The third kappa shape index (κ3) is 3.26. The van der Waals surface area contributed by atoms with Crippen LogP contribution in [0.3, 0.4) is 0 Å². The summed E-state index contributed by atoms with van der Waals surface area (Å²) >= 11 is 1.43. The van der Waals surface area contributed by atoms with Crippen LogP contribution in [-0.4, -0.2) is 22.4 Å². The SMILES string of the molecule is C#CCSc1nc2c(c(=O)n1-c1ccc(OC)cc1)C1(CCCC1)Cc1ccccc1-2. The molecule has 1 saturated carbocycles. The van der Waals surface area contributed by atoms with Crippen LogP contribution in [0, 0.1) is 12.3 Å². The van der Waals surface area contributed by atoms with Crippen LogP contribution >= 0.6 is 11.8 Å². The average molecular weight is 429 g/mol. The van der Waals surface area contributed by atoms with E-state index < -0.39 is 0 Å². The Morgan fingerprint density at radius 1 is 1.16 bits per heavy atom. The predicted octanol–water partition coefficient (Wildman–Crippen LogP) is 5.00. The van der Waals surface area contributed by atoms with Gasteiger partial charge in [-0.1, -0.05) is 54.8 Å². The summed E-state index contributed by atoms with van der Waals surface area (Å²) in [4.78, 5) is 19.2. The van der Waals surface area contributed by atoms with Crippen molar-refractivity contribution in [2.75, 3.05) is 12.9 Å². The van der Waals surface area contributed by atoms with Crippen molar-refractivity contribution >= 4 is 11.8 Å². The van der Waals surface area contributed by atoms with Crippen molar-refractivity contribution in [3.8, 4) is 35.0 Å². The molecule has 1 heterocycles. The zero-order chi connectivity index (χ0) is 21.4. The monoisotopic (exact) mass is 428 g/mol. The van der Waals surface area contributed by atoms with Crippen LogP contribution in [0.5, 0.6) is 5.75 Å². The molecule has 156 valence electrons. The number of nitrogens with zero attached hydrogens (tertiary/aromatic N) is 2. The number of ether oxygens (including phenoxy) is 1. The number of hydrogen-bond donors (Lipinski definition) is 0. The van der Waals surface area contributed by atoms with Gasteiger partial charge in [0.2, 0.25) is 0 Å². The quantitative estimate of drug-likeness (QED) is 0.333. The molecule has 2 aromatic carbocycles. The lowest BCUT2D eigenvalue weighted by Gasteiger charge is -2.36. The zero-order valence-electron chi connectivity index (χ0n) is 17.6. The molecule has 0 aliphatic heterocycles. The molecule has 31 heavy (non-hydrogen) atoms. The second-order valence-corrected chi connectivity index (χ2v) is 9.21. The molecule has 0 N–H and O–H groups in total. The highest BCUT2D eigenvalue weighted by molar-refractivity contribution is 7.99. The Morgan fingerprint density at radius 3 is 2.61 bits per heavy atom. The van der Waals surface area contributed by atoms with E-state index in [-0.39, 0.29) is 11.0 Å². The van der Waals surface area contributed by atoms with Crippen molar-refractivity contribution in [3.63, 3.8) is 0 Å². The van der Waals surface area contributed by atoms with E-state index in [9.17, 15) is 4.79 Å². The summed E-state index contributed by atoms with van der Waals surface area (Å²) in [5.74, 6) is 3.87. The number of methoxy groups -OCH3 is 1. The summed E-state index contributed by atoms with van der Waals surface area (Å²) in [6.45, 7) is 0. The lowest BCUT2D eigenvalue weighted by atomic mass is 9.68. The molecule has 2 aliphatic carbocycles. The van der Waals surface area contributed by atoms with E-state index in [4.69, 9.17) is 16.1 Å². The first-order valence-corrected chi connectivity index (χ1v) is 11.6. The lowest BCUT2D eigenvalue weighted by molar-refractivity contribution is 0.414. The smallest absolute Gasteiger partial charge is 0.263 e. The molecule has 0 unspecified atom stereocenters. The van der Waals surface area contributed by atoms with Gasteiger partial charge in [-0.3, -0.25) is 9.36 Å². The van der Waals surface area contributed by atoms with Gasteiger partial charge in [-0.05, 0) is 49.1 Å². The van der Waals surface area contributed by atoms with Gasteiger partial charge in [0.15, 0.2) is 5.16 Å². The summed E-state index contributed by atoms with van der Waals surface area (Å²) in [5.41, 5.74) is 4.79. The van der Waals surface area contributed by atoms with E-state index >= 15 is 0 Å². The Labute approximate surface area is 186 Å². The van der Waals surface area contributed by atoms with Crippen LogP contribution in [-0.2, 0) is 11.8 Å². The van der Waals surface area contributed by atoms with Crippen molar-refractivity contribution < 1.29 is 4.74 Å². The van der Waals surface area contributed by atoms with Crippen molar-refractivity contribution in [1.29, 1.82) is 0 Å². The van der Waals surface area contributed by atoms with Gasteiger partial charge in [-0.25, -0.2) is 4.98 Å². The number of aromatic nitrogens is 2. The maximum atomic E-state index is 14.2. The van der Waals surface area contributed by atoms with Gasteiger partial charge in [-0.2, -0.15) is 0 Å². The second-order valence-electron chi connectivity index (χ2n) is 8.27. The third-order valence-corrected chi connectivity index (χ3v) is 7.40. The minimum Gasteiger partial charge on any atom is -0.497 e. The Kier molecular flexibility index (Phi) is 5.11. The molecule has 5 heteroatoms. The summed E-state index contributed by atoms with van der Waals surface area (Å²) in [6.07, 6.45) is 10.8. The summed E-state index contributed by atoms with van der Waals surface area (Å²) in [7, 11) is 1.64. The minimum atomic E-state index is -0.128. The molecule has 3 aromatic rings. The number of benzene rings is 2. The molecule has 0 amide bonds. The van der Waals surface area contributed by atoms with Crippen LogP contribution in [0.4, 0.5) is 0 Å². The highest BCUT2D eigenvalue weighted by Gasteiger charge is 2.44. The maximum Gasteiger partial charge on any atom is 0.263 e. The molecule has 0 bridgehead atoms. The molecule has 0 saturated heterocycles. The standard InChI is InChI=1S/C26H24N2O2S/c1-3-16-31-25-27-23-21-9-5-4-8-18(21)17-26(14-6-7-15-26)22(23)24(29)28(25)19-10-12-20(30-2)13-11-19/h1,4-5,8-13H,6-7,14-17H2,2H3. The number of terminal acetylenes is 1. The van der Waals surface area contributed by atoms with E-state index in [1.807, 2.05) is 30.3 Å². The molecule has 0 atom stereocenters. The van der Waals surface area contributed by atoms with Gasteiger partial charge >= 0.3 is 0 Å². The highest BCUT2D eigenvalue weighted by Crippen LogP contribution is 2.50. The average Bonchev–Trinajstić information content (AvgIpc) is 3.26. The van der Waals surface area contributed by atoms with Gasteiger partial charge in [0, 0.05) is 11.0 Å². The van der Waals surface area contributed by atoms with Gasteiger partial charge in [-0.15, -0.1) is 6.42 Å². The first-order valence-electron chi connectivity index (χ1n) is 10.6. The molecular formula is C26H24N2O2S. The fourth-order valence-electron chi connectivity index (χ4n) is 5.17. The highest BCUT2D eigenvalue weighted by atomic mass is 32.2. The number of thioether (sulfide) groups is 1. The topological polar surface area (TPSA) is 44.1 Å². The van der Waals surface area contributed by atoms with E-state index in [0.717, 1.165) is 60.4 Å². The van der Waals surface area contributed by atoms with Gasteiger partial charge in [0.05, 0.1) is 29.8 Å². The van der Waals surface area contributed by atoms with E-state index in [2.05, 4.69) is 24.1 Å². The molecule has 5 rings (SSSR count). The van der Waals surface area contributed by atoms with Gasteiger partial charge in [0.25, 0.3) is 5.56 Å². The first kappa shape index (κ1) is 20.0. The molecule has 0 radical (unpaired) electrons. The fraction of sp³-hybridized carbons (Fsp3) is 0.308. The molecule has 4 nitrogen and oxygen atoms in total. The van der Waals surface area contributed by atoms with E-state index in [1.165, 1.54) is 17.3 Å². The van der Waals surface area contributed by atoms with Gasteiger partial charge in [0.1, 0.15) is 5.75 Å². The van der Waals surface area contributed by atoms with Crippen LogP contribution in [0.1, 0.15) is 36.8 Å². The summed E-state index contributed by atoms with van der Waals surface area (Å²) < 4.78 is 7.05. The number of fused-ring (bicyclic) bond motifs is 4. The minimum absolute atomic E-state index is 0.0334. The summed E-state index contributed by atoms with van der Waals surface area (Å²) in [6, 6.07) is 16.0. The lowest BCUT2D eigenvalue weighted by Crippen LogP contribution is -2.40. The number of rotatable bonds is 4. The third-order valence-electron chi connectivity index (χ3n) is 6.56. The Bertz CT molecular complexity index is 1230. The molecule has 1 aromatic heterocycles. The Balaban J connectivity index is 1.81. The summed E-state index contributed by atoms with van der Waals surface area (Å²) in [5, 5.41) is 0.636. The fourth-order valence-corrected chi connectivity index (χ4v) is 5.86. The Hall–Kier alpha value is -2.97. The van der Waals surface area contributed by atoms with Crippen LogP contribution in [0.15, 0.2) is 58.5 Å². The predicted molar refractivity (Wildman–Crippen MR) is 125 cm³/mol. The van der Waals surface area contributed by atoms with E-state index in [0.29, 0.717) is 10.9 Å². The van der Waals surface area contributed by atoms with Crippen LogP contribution < -0.4 is 10.3 Å². The van der Waals surface area contributed by atoms with Crippen LogP contribution in [0.2, 0.25) is 0 Å². The normalized spacial score (nSPS) is 15.9. The first-order chi connectivity index (χ1) is 15.2. The number of hydrogen-bond acceptors (Lipinski definition) is 4. The molecule has 1 spiro atoms. The van der Waals surface area contributed by atoms with Crippen molar-refractivity contribution in [2.45, 2.75) is 42.7 Å². The maximum absolute atomic E-state index is 14.2. The van der Waals surface area contributed by atoms with Crippen LogP contribution in [0.25, 0.3) is 16.9 Å². The molecule has 1 fully saturated rings. The van der Waals surface area contributed by atoms with Gasteiger partial charge < -0.3 is 4.74 Å². The Morgan fingerprint density at radius 2 is 1.90 bits per heavy atom. The van der Waals surface area contributed by atoms with Crippen molar-refractivity contribution in [1.82, 2.24) is 9.55 Å². The van der Waals surface area contributed by atoms with E-state index in [1.54, 1.807) is 11.7 Å².